The van der Waals surface area contributed by atoms with Gasteiger partial charge < -0.3 is 20.5 Å². The average Bonchev–Trinajstić information content (AvgIpc) is 2.77. The van der Waals surface area contributed by atoms with Gasteiger partial charge in [-0.05, 0) is 6.07 Å². The molecule has 0 bridgehead atoms. The number of nitrogens with zero attached hydrogens (tertiary/aromatic N) is 2. The highest BCUT2D eigenvalue weighted by Gasteiger charge is 2.19. The van der Waals surface area contributed by atoms with E-state index in [9.17, 15) is 9.59 Å². The van der Waals surface area contributed by atoms with Gasteiger partial charge in [-0.15, -0.1) is 0 Å². The summed E-state index contributed by atoms with van der Waals surface area (Å²) >= 11 is 0. The highest BCUT2D eigenvalue weighted by Crippen LogP contribution is 1.95. The molecular weight excluding hydrogens is 252 g/mol. The fourth-order valence-electron chi connectivity index (χ4n) is 1.43. The second-order valence-corrected chi connectivity index (χ2v) is 3.98. The number of nitrogens with one attached hydrogen (secondary N) is 2. The van der Waals surface area contributed by atoms with E-state index in [0.29, 0.717) is 5.69 Å². The summed E-state index contributed by atoms with van der Waals surface area (Å²) in [6, 6.07) is 0.248. The van der Waals surface area contributed by atoms with E-state index in [2.05, 4.69) is 15.7 Å². The fourth-order valence-corrected chi connectivity index (χ4v) is 1.43. The fraction of sp³-hybridized carbons (Fsp3) is 0.545. The Morgan fingerprint density at radius 1 is 1.58 bits per heavy atom. The third-order valence-corrected chi connectivity index (χ3v) is 2.41. The lowest BCUT2D eigenvalue weighted by Gasteiger charge is -2.14. The van der Waals surface area contributed by atoms with Crippen LogP contribution in [0.3, 0.4) is 0 Å². The number of carbonyl (C=O) groups excluding carboxylic acids is 1. The first-order valence-corrected chi connectivity index (χ1v) is 5.77. The minimum Gasteiger partial charge on any atom is -0.480 e. The molecule has 0 saturated carbocycles. The summed E-state index contributed by atoms with van der Waals surface area (Å²) in [7, 11) is 3.24. The maximum atomic E-state index is 11.5. The van der Waals surface area contributed by atoms with Crippen molar-refractivity contribution in [2.45, 2.75) is 19.0 Å². The zero-order valence-electron chi connectivity index (χ0n) is 10.9. The molecule has 1 rings (SSSR count). The number of ether oxygens (including phenoxy) is 1. The van der Waals surface area contributed by atoms with Crippen LogP contribution in [0.2, 0.25) is 0 Å². The number of carboxylic acids is 1. The Kier molecular flexibility index (Phi) is 5.80. The summed E-state index contributed by atoms with van der Waals surface area (Å²) in [6.45, 7) is 0.501. The number of rotatable bonds is 7. The van der Waals surface area contributed by atoms with Crippen LogP contribution < -0.4 is 10.6 Å². The van der Waals surface area contributed by atoms with Crippen molar-refractivity contribution in [1.82, 2.24) is 20.4 Å². The molecule has 1 unspecified atom stereocenters. The number of methoxy groups -OCH3 is 1. The van der Waals surface area contributed by atoms with Gasteiger partial charge in [-0.2, -0.15) is 5.10 Å². The molecule has 1 aromatic rings. The van der Waals surface area contributed by atoms with Crippen LogP contribution in [0, 0.1) is 0 Å². The molecule has 0 aliphatic carbocycles. The predicted molar refractivity (Wildman–Crippen MR) is 66.5 cm³/mol. The third-order valence-electron chi connectivity index (χ3n) is 2.41. The summed E-state index contributed by atoms with van der Waals surface area (Å²) in [6.07, 6.45) is 1.97. The molecule has 0 aromatic carbocycles. The van der Waals surface area contributed by atoms with Crippen LogP contribution in [-0.2, 0) is 23.1 Å². The van der Waals surface area contributed by atoms with Gasteiger partial charge in [-0.25, -0.2) is 9.59 Å². The lowest BCUT2D eigenvalue weighted by atomic mass is 10.2. The first-order valence-electron chi connectivity index (χ1n) is 5.77. The summed E-state index contributed by atoms with van der Waals surface area (Å²) in [5, 5.41) is 17.9. The van der Waals surface area contributed by atoms with Crippen molar-refractivity contribution in [2.75, 3.05) is 13.7 Å². The largest absolute Gasteiger partial charge is 0.480 e. The molecule has 0 fully saturated rings. The van der Waals surface area contributed by atoms with E-state index in [1.807, 2.05) is 0 Å². The second kappa shape index (κ2) is 7.37. The maximum Gasteiger partial charge on any atom is 0.326 e. The number of amides is 2. The molecule has 0 radical (unpaired) electrons. The molecule has 1 aromatic heterocycles. The molecule has 8 nitrogen and oxygen atoms in total. The summed E-state index contributed by atoms with van der Waals surface area (Å²) in [4.78, 5) is 22.4. The van der Waals surface area contributed by atoms with Gasteiger partial charge in [-0.1, -0.05) is 0 Å². The van der Waals surface area contributed by atoms with Crippen LogP contribution in [0.15, 0.2) is 12.3 Å². The Morgan fingerprint density at radius 2 is 2.32 bits per heavy atom. The molecule has 0 aliphatic heterocycles. The van der Waals surface area contributed by atoms with Crippen molar-refractivity contribution in [3.05, 3.63) is 18.0 Å². The number of hydrogen-bond acceptors (Lipinski definition) is 4. The molecule has 1 atom stereocenters. The quantitative estimate of drug-likeness (QED) is 0.631. The first kappa shape index (κ1) is 15.0. The van der Waals surface area contributed by atoms with E-state index in [1.165, 1.54) is 7.11 Å². The highest BCUT2D eigenvalue weighted by atomic mass is 16.5. The predicted octanol–water partition coefficient (Wildman–Crippen LogP) is -0.291. The lowest BCUT2D eigenvalue weighted by molar-refractivity contribution is -0.139. The Bertz CT molecular complexity index is 432. The van der Waals surface area contributed by atoms with Crippen molar-refractivity contribution < 1.29 is 19.4 Å². The molecule has 19 heavy (non-hydrogen) atoms. The van der Waals surface area contributed by atoms with Gasteiger partial charge in [0.15, 0.2) is 0 Å². The zero-order chi connectivity index (χ0) is 14.3. The number of carboxylic acid groups (broad SMARTS) is 1. The number of aryl methyl sites for hydroxylation is 1. The van der Waals surface area contributed by atoms with Crippen LogP contribution >= 0.6 is 0 Å². The van der Waals surface area contributed by atoms with E-state index in [-0.39, 0.29) is 19.6 Å². The summed E-state index contributed by atoms with van der Waals surface area (Å²) in [5.41, 5.74) is 0.696. The van der Waals surface area contributed by atoms with Crippen molar-refractivity contribution in [1.29, 1.82) is 0 Å². The minimum atomic E-state index is -1.09. The number of aromatic nitrogens is 2. The average molecular weight is 270 g/mol. The smallest absolute Gasteiger partial charge is 0.326 e. The van der Waals surface area contributed by atoms with E-state index < -0.39 is 18.0 Å². The van der Waals surface area contributed by atoms with Crippen LogP contribution in [0.4, 0.5) is 4.79 Å². The molecule has 2 amide bonds. The SMILES string of the molecule is COCCC(NC(=O)NCc1ccn(C)n1)C(=O)O. The molecule has 0 saturated heterocycles. The van der Waals surface area contributed by atoms with E-state index in [4.69, 9.17) is 9.84 Å². The Balaban J connectivity index is 2.37. The van der Waals surface area contributed by atoms with Crippen molar-refractivity contribution in [3.63, 3.8) is 0 Å². The van der Waals surface area contributed by atoms with Gasteiger partial charge in [0.05, 0.1) is 12.2 Å². The number of hydrogen-bond donors (Lipinski definition) is 3. The van der Waals surface area contributed by atoms with Gasteiger partial charge in [0.2, 0.25) is 0 Å². The molecule has 8 heteroatoms. The first-order chi connectivity index (χ1) is 9.02. The van der Waals surface area contributed by atoms with E-state index in [0.717, 1.165) is 0 Å². The van der Waals surface area contributed by atoms with Crippen LogP contribution in [0.5, 0.6) is 0 Å². The Labute approximate surface area is 110 Å². The Morgan fingerprint density at radius 3 is 2.84 bits per heavy atom. The number of carbonyl (C=O) groups is 2. The molecule has 1 heterocycles. The van der Waals surface area contributed by atoms with Crippen molar-refractivity contribution in [2.24, 2.45) is 7.05 Å². The molecule has 3 N–H and O–H groups in total. The zero-order valence-corrected chi connectivity index (χ0v) is 10.9. The van der Waals surface area contributed by atoms with Crippen LogP contribution in [0.25, 0.3) is 0 Å². The van der Waals surface area contributed by atoms with Gasteiger partial charge in [0, 0.05) is 33.4 Å². The topological polar surface area (TPSA) is 105 Å². The molecule has 0 aliphatic rings. The third kappa shape index (κ3) is 5.38. The maximum absolute atomic E-state index is 11.5. The van der Waals surface area contributed by atoms with Gasteiger partial charge >= 0.3 is 12.0 Å². The lowest BCUT2D eigenvalue weighted by Crippen LogP contribution is -2.46. The van der Waals surface area contributed by atoms with E-state index >= 15 is 0 Å². The number of aliphatic carboxylic acids is 1. The summed E-state index contributed by atoms with van der Waals surface area (Å²) < 4.78 is 6.41. The monoisotopic (exact) mass is 270 g/mol. The molecule has 0 spiro atoms. The highest BCUT2D eigenvalue weighted by molar-refractivity contribution is 5.82. The van der Waals surface area contributed by atoms with Gasteiger partial charge in [-0.3, -0.25) is 4.68 Å². The standard InChI is InChI=1S/C11H18N4O4/c1-15-5-3-8(14-15)7-12-11(18)13-9(10(16)17)4-6-19-2/h3,5,9H,4,6-7H2,1-2H3,(H,16,17)(H2,12,13,18). The van der Waals surface area contributed by atoms with Crippen LogP contribution in [0.1, 0.15) is 12.1 Å². The summed E-state index contributed by atoms with van der Waals surface area (Å²) in [5.74, 6) is -1.09. The normalized spacial score (nSPS) is 11.9. The molecule has 106 valence electrons. The molecular formula is C11H18N4O4. The van der Waals surface area contributed by atoms with Crippen molar-refractivity contribution >= 4 is 12.0 Å². The van der Waals surface area contributed by atoms with Crippen molar-refractivity contribution in [3.8, 4) is 0 Å². The van der Waals surface area contributed by atoms with Crippen LogP contribution in [-0.4, -0.2) is 46.6 Å². The second-order valence-electron chi connectivity index (χ2n) is 3.98. The van der Waals surface area contributed by atoms with Gasteiger partial charge in [0.25, 0.3) is 0 Å². The van der Waals surface area contributed by atoms with Gasteiger partial charge in [0.1, 0.15) is 6.04 Å². The van der Waals surface area contributed by atoms with E-state index in [1.54, 1.807) is 24.0 Å². The number of urea groups is 1. The minimum absolute atomic E-state index is 0.211. The Hall–Kier alpha value is -2.09.